The number of nitrogens with one attached hydrogen (secondary N) is 1. The standard InChI is InChI=1S/C16H17ClN2O2S/c1-21-15-7-4-12(10-14(15)17)19-16(20)8-9-22-13-5-2-11(18)3-6-13/h2-7,10H,8-9,18H2,1H3,(H,19,20). The molecule has 0 aromatic heterocycles. The maximum Gasteiger partial charge on any atom is 0.225 e. The van der Waals surface area contributed by atoms with Crippen molar-refractivity contribution in [3.8, 4) is 5.75 Å². The van der Waals surface area contributed by atoms with Gasteiger partial charge in [-0.15, -0.1) is 11.8 Å². The summed E-state index contributed by atoms with van der Waals surface area (Å²) < 4.78 is 5.07. The molecule has 0 unspecified atom stereocenters. The quantitative estimate of drug-likeness (QED) is 0.617. The van der Waals surface area contributed by atoms with E-state index in [-0.39, 0.29) is 5.91 Å². The molecule has 3 N–H and O–H groups in total. The lowest BCUT2D eigenvalue weighted by Gasteiger charge is -2.08. The number of ether oxygens (including phenoxy) is 1. The molecule has 0 heterocycles. The van der Waals surface area contributed by atoms with E-state index in [9.17, 15) is 4.79 Å². The molecule has 0 aliphatic carbocycles. The number of carbonyl (C=O) groups excluding carboxylic acids is 1. The predicted octanol–water partition coefficient (Wildman–Crippen LogP) is 4.05. The monoisotopic (exact) mass is 336 g/mol. The number of methoxy groups -OCH3 is 1. The van der Waals surface area contributed by atoms with E-state index >= 15 is 0 Å². The topological polar surface area (TPSA) is 64.3 Å². The van der Waals surface area contributed by atoms with Crippen LogP contribution in [0.25, 0.3) is 0 Å². The molecule has 0 aliphatic rings. The first-order valence-corrected chi connectivity index (χ1v) is 8.06. The van der Waals surface area contributed by atoms with Gasteiger partial charge in [-0.1, -0.05) is 11.6 Å². The molecule has 1 amide bonds. The predicted molar refractivity (Wildman–Crippen MR) is 92.8 cm³/mol. The fourth-order valence-electron chi connectivity index (χ4n) is 1.79. The molecule has 4 nitrogen and oxygen atoms in total. The van der Waals surface area contributed by atoms with Crippen LogP contribution in [0.15, 0.2) is 47.4 Å². The van der Waals surface area contributed by atoms with Crippen LogP contribution < -0.4 is 15.8 Å². The van der Waals surface area contributed by atoms with E-state index in [1.54, 1.807) is 37.1 Å². The van der Waals surface area contributed by atoms with Crippen LogP contribution in [0.5, 0.6) is 5.75 Å². The molecule has 0 aliphatic heterocycles. The first kappa shape index (κ1) is 16.5. The van der Waals surface area contributed by atoms with Crippen LogP contribution in [0, 0.1) is 0 Å². The number of benzene rings is 2. The molecule has 0 spiro atoms. The molecular weight excluding hydrogens is 320 g/mol. The van der Waals surface area contributed by atoms with Gasteiger partial charge in [0.2, 0.25) is 5.91 Å². The van der Waals surface area contributed by atoms with Crippen molar-refractivity contribution in [2.45, 2.75) is 11.3 Å². The summed E-state index contributed by atoms with van der Waals surface area (Å²) >= 11 is 7.63. The van der Waals surface area contributed by atoms with Gasteiger partial charge in [0.15, 0.2) is 0 Å². The van der Waals surface area contributed by atoms with Gasteiger partial charge in [0.05, 0.1) is 12.1 Å². The highest BCUT2D eigenvalue weighted by molar-refractivity contribution is 7.99. The zero-order valence-electron chi connectivity index (χ0n) is 12.1. The van der Waals surface area contributed by atoms with Crippen molar-refractivity contribution in [3.05, 3.63) is 47.5 Å². The van der Waals surface area contributed by atoms with Crippen LogP contribution in [-0.2, 0) is 4.79 Å². The summed E-state index contributed by atoms with van der Waals surface area (Å²) in [4.78, 5) is 13.0. The smallest absolute Gasteiger partial charge is 0.225 e. The SMILES string of the molecule is COc1ccc(NC(=O)CCSc2ccc(N)cc2)cc1Cl. The van der Waals surface area contributed by atoms with Gasteiger partial charge in [-0.2, -0.15) is 0 Å². The number of amides is 1. The van der Waals surface area contributed by atoms with Crippen LogP contribution in [0.3, 0.4) is 0 Å². The Morgan fingerprint density at radius 3 is 2.64 bits per heavy atom. The number of nitrogens with two attached hydrogens (primary N) is 1. The van der Waals surface area contributed by atoms with E-state index in [2.05, 4.69) is 5.32 Å². The molecule has 22 heavy (non-hydrogen) atoms. The summed E-state index contributed by atoms with van der Waals surface area (Å²) in [6, 6.07) is 12.7. The summed E-state index contributed by atoms with van der Waals surface area (Å²) in [6.07, 6.45) is 0.415. The Bertz CT molecular complexity index is 647. The van der Waals surface area contributed by atoms with Crippen molar-refractivity contribution in [1.29, 1.82) is 0 Å². The third kappa shape index (κ3) is 4.86. The average Bonchev–Trinajstić information content (AvgIpc) is 2.49. The zero-order chi connectivity index (χ0) is 15.9. The Labute approximate surface area is 139 Å². The molecule has 0 fully saturated rings. The molecule has 0 radical (unpaired) electrons. The van der Waals surface area contributed by atoms with Crippen molar-refractivity contribution in [1.82, 2.24) is 0 Å². The van der Waals surface area contributed by atoms with E-state index in [0.717, 1.165) is 10.6 Å². The van der Waals surface area contributed by atoms with Crippen molar-refractivity contribution in [3.63, 3.8) is 0 Å². The molecule has 6 heteroatoms. The Kier molecular flexibility index (Phi) is 5.98. The number of carbonyl (C=O) groups is 1. The lowest BCUT2D eigenvalue weighted by molar-refractivity contribution is -0.115. The molecule has 116 valence electrons. The van der Waals surface area contributed by atoms with Crippen molar-refractivity contribution >= 4 is 40.6 Å². The van der Waals surface area contributed by atoms with Gasteiger partial charge < -0.3 is 15.8 Å². The fraction of sp³-hybridized carbons (Fsp3) is 0.188. The van der Waals surface area contributed by atoms with E-state index in [1.165, 1.54) is 0 Å². The first-order chi connectivity index (χ1) is 10.6. The van der Waals surface area contributed by atoms with Gasteiger partial charge in [-0.05, 0) is 42.5 Å². The van der Waals surface area contributed by atoms with E-state index in [0.29, 0.717) is 28.6 Å². The van der Waals surface area contributed by atoms with Gasteiger partial charge >= 0.3 is 0 Å². The summed E-state index contributed by atoms with van der Waals surface area (Å²) in [5, 5.41) is 3.29. The molecule has 2 aromatic carbocycles. The lowest BCUT2D eigenvalue weighted by Crippen LogP contribution is -2.12. The minimum Gasteiger partial charge on any atom is -0.495 e. The van der Waals surface area contributed by atoms with E-state index < -0.39 is 0 Å². The Morgan fingerprint density at radius 2 is 2.00 bits per heavy atom. The molecule has 0 saturated carbocycles. The summed E-state index contributed by atoms with van der Waals surface area (Å²) in [7, 11) is 1.55. The van der Waals surface area contributed by atoms with Crippen LogP contribution in [0.2, 0.25) is 5.02 Å². The van der Waals surface area contributed by atoms with Gasteiger partial charge in [0, 0.05) is 28.4 Å². The van der Waals surface area contributed by atoms with E-state index in [4.69, 9.17) is 22.1 Å². The van der Waals surface area contributed by atoms with Crippen LogP contribution >= 0.6 is 23.4 Å². The third-order valence-electron chi connectivity index (χ3n) is 2.91. The lowest BCUT2D eigenvalue weighted by atomic mass is 10.3. The van der Waals surface area contributed by atoms with Crippen molar-refractivity contribution < 1.29 is 9.53 Å². The first-order valence-electron chi connectivity index (χ1n) is 6.70. The Morgan fingerprint density at radius 1 is 1.27 bits per heavy atom. The maximum atomic E-state index is 11.9. The number of rotatable bonds is 6. The Hall–Kier alpha value is -1.85. The average molecular weight is 337 g/mol. The van der Waals surface area contributed by atoms with E-state index in [1.807, 2.05) is 24.3 Å². The summed E-state index contributed by atoms with van der Waals surface area (Å²) in [6.45, 7) is 0. The third-order valence-corrected chi connectivity index (χ3v) is 4.22. The minimum absolute atomic E-state index is 0.0517. The number of hydrogen-bond donors (Lipinski definition) is 2. The normalized spacial score (nSPS) is 10.3. The van der Waals surface area contributed by atoms with Crippen LogP contribution in [0.4, 0.5) is 11.4 Å². The van der Waals surface area contributed by atoms with Crippen LogP contribution in [-0.4, -0.2) is 18.8 Å². The molecule has 0 atom stereocenters. The maximum absolute atomic E-state index is 11.9. The van der Waals surface area contributed by atoms with Gasteiger partial charge in [-0.25, -0.2) is 0 Å². The highest BCUT2D eigenvalue weighted by atomic mass is 35.5. The van der Waals surface area contributed by atoms with Gasteiger partial charge in [0.25, 0.3) is 0 Å². The molecule has 2 rings (SSSR count). The highest BCUT2D eigenvalue weighted by Crippen LogP contribution is 2.27. The number of thioether (sulfide) groups is 1. The number of nitrogen functional groups attached to an aromatic ring is 1. The minimum atomic E-state index is -0.0517. The molecule has 2 aromatic rings. The fourth-order valence-corrected chi connectivity index (χ4v) is 2.90. The molecular formula is C16H17ClN2O2S. The summed E-state index contributed by atoms with van der Waals surface area (Å²) in [5.74, 6) is 1.22. The zero-order valence-corrected chi connectivity index (χ0v) is 13.7. The Balaban J connectivity index is 1.80. The number of anilines is 2. The number of hydrogen-bond acceptors (Lipinski definition) is 4. The largest absolute Gasteiger partial charge is 0.495 e. The van der Waals surface area contributed by atoms with Gasteiger partial charge in [-0.3, -0.25) is 4.79 Å². The second-order valence-electron chi connectivity index (χ2n) is 4.56. The van der Waals surface area contributed by atoms with Crippen LogP contribution in [0.1, 0.15) is 6.42 Å². The second-order valence-corrected chi connectivity index (χ2v) is 6.14. The highest BCUT2D eigenvalue weighted by Gasteiger charge is 2.06. The summed E-state index contributed by atoms with van der Waals surface area (Å²) in [5.41, 5.74) is 7.02. The molecule has 0 saturated heterocycles. The second kappa shape index (κ2) is 7.96. The van der Waals surface area contributed by atoms with Crippen molar-refractivity contribution in [2.75, 3.05) is 23.9 Å². The van der Waals surface area contributed by atoms with Gasteiger partial charge in [0.1, 0.15) is 5.75 Å². The van der Waals surface area contributed by atoms with Crippen molar-refractivity contribution in [2.24, 2.45) is 0 Å². The number of halogens is 1. The molecule has 0 bridgehead atoms.